The first-order valence-corrected chi connectivity index (χ1v) is 10.3. The highest BCUT2D eigenvalue weighted by atomic mass is 16.6. The number of nitrogens with zero attached hydrogens (tertiary/aromatic N) is 5. The minimum Gasteiger partial charge on any atom is -0.432 e. The van der Waals surface area contributed by atoms with Crippen LogP contribution in [-0.4, -0.2) is 69.2 Å². The number of esters is 2. The Morgan fingerprint density at radius 1 is 1.09 bits per heavy atom. The molecule has 15 heteroatoms. The highest BCUT2D eigenvalue weighted by molar-refractivity contribution is 6.30. The second-order valence-corrected chi connectivity index (χ2v) is 7.89. The second kappa shape index (κ2) is 9.02. The number of aromatic nitrogens is 2. The van der Waals surface area contributed by atoms with Gasteiger partial charge >= 0.3 is 23.2 Å². The molecule has 1 N–H and O–H groups in total. The molecule has 1 fully saturated rings. The Kier molecular flexibility index (Phi) is 6.09. The fraction of sp³-hybridized carbons (Fsp3) is 0.350. The molecule has 0 bridgehead atoms. The summed E-state index contributed by atoms with van der Waals surface area (Å²) in [5.74, 6) is -3.64. The van der Waals surface area contributed by atoms with E-state index in [1.807, 2.05) is 0 Å². The number of nitrogens with one attached hydrogen (secondary N) is 1. The summed E-state index contributed by atoms with van der Waals surface area (Å²) < 4.78 is 12.1. The average molecular weight is 488 g/mol. The zero-order valence-corrected chi connectivity index (χ0v) is 18.6. The molecule has 1 atom stereocenters. The molecule has 35 heavy (non-hydrogen) atoms. The van der Waals surface area contributed by atoms with Crippen LogP contribution in [-0.2, 0) is 33.2 Å². The number of fused-ring (bicyclic) bond motifs is 3. The quantitative estimate of drug-likeness (QED) is 0.230. The van der Waals surface area contributed by atoms with E-state index in [9.17, 15) is 34.1 Å². The number of rotatable bonds is 4. The lowest BCUT2D eigenvalue weighted by Gasteiger charge is -2.42. The third kappa shape index (κ3) is 4.48. The first kappa shape index (κ1) is 23.6. The Morgan fingerprint density at radius 3 is 2.43 bits per heavy atom. The van der Waals surface area contributed by atoms with Crippen molar-refractivity contribution in [3.05, 3.63) is 55.2 Å². The van der Waals surface area contributed by atoms with Gasteiger partial charge in [0, 0.05) is 45.0 Å². The van der Waals surface area contributed by atoms with Gasteiger partial charge in [-0.05, 0) is 12.1 Å². The van der Waals surface area contributed by atoms with E-state index in [-0.39, 0.29) is 37.7 Å². The van der Waals surface area contributed by atoms with Crippen LogP contribution in [0.15, 0.2) is 33.9 Å². The number of benzene rings is 1. The van der Waals surface area contributed by atoms with Crippen LogP contribution >= 0.6 is 0 Å². The molecule has 0 aliphatic carbocycles. The molecule has 4 rings (SSSR count). The maximum Gasteiger partial charge on any atom is 0.423 e. The Labute approximate surface area is 196 Å². The largest absolute Gasteiger partial charge is 0.432 e. The van der Waals surface area contributed by atoms with Gasteiger partial charge in [0.15, 0.2) is 12.0 Å². The number of amides is 1. The molecule has 0 radical (unpaired) electrons. The van der Waals surface area contributed by atoms with Gasteiger partial charge < -0.3 is 19.7 Å². The van der Waals surface area contributed by atoms with E-state index in [4.69, 9.17) is 9.47 Å². The smallest absolute Gasteiger partial charge is 0.423 e. The maximum absolute atomic E-state index is 12.6. The predicted octanol–water partition coefficient (Wildman–Crippen LogP) is -1.46. The molecule has 0 saturated carbocycles. The summed E-state index contributed by atoms with van der Waals surface area (Å²) in [5, 5.41) is 13.4. The van der Waals surface area contributed by atoms with Crippen LogP contribution in [0, 0.1) is 10.1 Å². The molecule has 1 saturated heterocycles. The van der Waals surface area contributed by atoms with Crippen LogP contribution in [0.5, 0.6) is 5.75 Å². The average Bonchev–Trinajstić information content (AvgIpc) is 2.81. The highest BCUT2D eigenvalue weighted by Gasteiger charge is 2.40. The van der Waals surface area contributed by atoms with Crippen molar-refractivity contribution in [1.29, 1.82) is 0 Å². The lowest BCUT2D eigenvalue weighted by molar-refractivity contribution is -0.384. The molecule has 3 heterocycles. The van der Waals surface area contributed by atoms with E-state index in [1.165, 1.54) is 43.3 Å². The van der Waals surface area contributed by atoms with Gasteiger partial charge in [0.25, 0.3) is 5.69 Å². The standard InChI is InChI=1S/C20H20N6O9/c1-22-16-15(17(28)23(2)20(22)31)35-19(30)18(29)34-14-10-24(7-8-25(14)16)9-13(27)21-11-3-5-12(6-4-11)26(32)33/h3-6,14H,7-10H2,1-2H3,(H,21,27). The fourth-order valence-electron chi connectivity index (χ4n) is 3.88. The number of piperazine rings is 1. The fourth-order valence-corrected chi connectivity index (χ4v) is 3.88. The first-order valence-electron chi connectivity index (χ1n) is 10.3. The predicted molar refractivity (Wildman–Crippen MR) is 118 cm³/mol. The topological polar surface area (TPSA) is 175 Å². The molecule has 1 aromatic carbocycles. The Balaban J connectivity index is 1.54. The van der Waals surface area contributed by atoms with Crippen LogP contribution < -0.4 is 26.2 Å². The summed E-state index contributed by atoms with van der Waals surface area (Å²) >= 11 is 0. The molecular formula is C20H20N6O9. The number of nitro groups is 1. The summed E-state index contributed by atoms with van der Waals surface area (Å²) in [6.45, 7) is 0.271. The molecule has 2 aromatic rings. The number of ether oxygens (including phenoxy) is 2. The number of carbonyl (C=O) groups excluding carboxylic acids is 3. The molecule has 1 unspecified atom stereocenters. The van der Waals surface area contributed by atoms with E-state index in [1.54, 1.807) is 4.90 Å². The minimum absolute atomic E-state index is 0.0149. The van der Waals surface area contributed by atoms with Crippen molar-refractivity contribution in [3.63, 3.8) is 0 Å². The van der Waals surface area contributed by atoms with E-state index in [0.717, 1.165) is 9.13 Å². The number of hydrogen-bond donors (Lipinski definition) is 1. The lowest BCUT2D eigenvalue weighted by atomic mass is 10.2. The molecular weight excluding hydrogens is 468 g/mol. The number of carbonyl (C=O) groups is 3. The molecule has 2 aliphatic heterocycles. The van der Waals surface area contributed by atoms with Crippen molar-refractivity contribution in [2.24, 2.45) is 14.1 Å². The Bertz CT molecular complexity index is 1350. The number of nitro benzene ring substituents is 1. The van der Waals surface area contributed by atoms with E-state index < -0.39 is 46.0 Å². The molecule has 1 aromatic heterocycles. The van der Waals surface area contributed by atoms with E-state index >= 15 is 0 Å². The summed E-state index contributed by atoms with van der Waals surface area (Å²) in [6, 6.07) is 5.31. The molecule has 15 nitrogen and oxygen atoms in total. The SMILES string of the molecule is Cn1c2c(c(=O)n(C)c1=O)OC(=O)C(=O)OC1CN(CC(=O)Nc3ccc([N+](=O)[O-])cc3)CCN21. The molecule has 0 spiro atoms. The normalized spacial score (nSPS) is 17.9. The summed E-state index contributed by atoms with van der Waals surface area (Å²) in [6.07, 6.45) is -1.09. The molecule has 1 amide bonds. The summed E-state index contributed by atoms with van der Waals surface area (Å²) in [4.78, 5) is 75.2. The maximum atomic E-state index is 12.6. The van der Waals surface area contributed by atoms with Gasteiger partial charge in [0.1, 0.15) is 0 Å². The summed E-state index contributed by atoms with van der Waals surface area (Å²) in [5.41, 5.74) is -1.30. The van der Waals surface area contributed by atoms with Crippen molar-refractivity contribution >= 4 is 35.0 Å². The minimum atomic E-state index is -1.41. The zero-order chi connectivity index (χ0) is 25.4. The zero-order valence-electron chi connectivity index (χ0n) is 18.6. The van der Waals surface area contributed by atoms with Crippen LogP contribution in [0.2, 0.25) is 0 Å². The first-order chi connectivity index (χ1) is 16.6. The van der Waals surface area contributed by atoms with E-state index in [0.29, 0.717) is 5.69 Å². The molecule has 2 aliphatic rings. The van der Waals surface area contributed by atoms with Crippen molar-refractivity contribution in [1.82, 2.24) is 14.0 Å². The number of anilines is 2. The van der Waals surface area contributed by atoms with E-state index in [2.05, 4.69) is 5.32 Å². The van der Waals surface area contributed by atoms with Crippen LogP contribution in [0.1, 0.15) is 0 Å². The third-order valence-electron chi connectivity index (χ3n) is 5.62. The highest BCUT2D eigenvalue weighted by Crippen LogP contribution is 2.29. The van der Waals surface area contributed by atoms with Gasteiger partial charge in [-0.15, -0.1) is 0 Å². The second-order valence-electron chi connectivity index (χ2n) is 7.89. The van der Waals surface area contributed by atoms with Gasteiger partial charge in [-0.3, -0.25) is 33.7 Å². The van der Waals surface area contributed by atoms with Gasteiger partial charge in [0.2, 0.25) is 11.7 Å². The van der Waals surface area contributed by atoms with Crippen molar-refractivity contribution in [3.8, 4) is 5.75 Å². The van der Waals surface area contributed by atoms with Gasteiger partial charge in [0.05, 0.1) is 18.0 Å². The number of non-ortho nitro benzene ring substituents is 1. The van der Waals surface area contributed by atoms with Crippen LogP contribution in [0.3, 0.4) is 0 Å². The van der Waals surface area contributed by atoms with Gasteiger partial charge in [-0.2, -0.15) is 0 Å². The van der Waals surface area contributed by atoms with Gasteiger partial charge in [-0.25, -0.2) is 14.4 Å². The van der Waals surface area contributed by atoms with Gasteiger partial charge in [-0.1, -0.05) is 0 Å². The monoisotopic (exact) mass is 488 g/mol. The van der Waals surface area contributed by atoms with Crippen molar-refractivity contribution in [2.45, 2.75) is 6.23 Å². The Hall–Kier alpha value is -4.53. The third-order valence-corrected chi connectivity index (χ3v) is 5.62. The summed E-state index contributed by atoms with van der Waals surface area (Å²) in [7, 11) is 2.60. The van der Waals surface area contributed by atoms with Crippen LogP contribution in [0.4, 0.5) is 17.2 Å². The lowest BCUT2D eigenvalue weighted by Crippen LogP contribution is -2.59. The molecule has 184 valence electrons. The Morgan fingerprint density at radius 2 is 1.77 bits per heavy atom. The number of hydrogen-bond acceptors (Lipinski definition) is 11. The van der Waals surface area contributed by atoms with Crippen molar-refractivity contribution in [2.75, 3.05) is 36.4 Å². The van der Waals surface area contributed by atoms with Crippen LogP contribution in [0.25, 0.3) is 0 Å². The van der Waals surface area contributed by atoms with Crippen molar-refractivity contribution < 1.29 is 28.8 Å².